The Morgan fingerprint density at radius 3 is 2.23 bits per heavy atom. The summed E-state index contributed by atoms with van der Waals surface area (Å²) in [6, 6.07) is 10.4. The van der Waals surface area contributed by atoms with Gasteiger partial charge in [-0.2, -0.15) is 0 Å². The lowest BCUT2D eigenvalue weighted by Crippen LogP contribution is -1.87. The van der Waals surface area contributed by atoms with Gasteiger partial charge in [0.1, 0.15) is 0 Å². The second-order valence-electron chi connectivity index (χ2n) is 3.04. The van der Waals surface area contributed by atoms with E-state index in [0.717, 1.165) is 5.75 Å². The smallest absolute Gasteiger partial charge is 0.0222 e. The maximum Gasteiger partial charge on any atom is 0.0222 e. The van der Waals surface area contributed by atoms with E-state index in [-0.39, 0.29) is 0 Å². The molecule has 1 aliphatic heterocycles. The summed E-state index contributed by atoms with van der Waals surface area (Å²) in [5.41, 5.74) is 1.31. The fourth-order valence-electron chi connectivity index (χ4n) is 1.32. The summed E-state index contributed by atoms with van der Waals surface area (Å²) in [5.74, 6) is 0.947. The third-order valence-electron chi connectivity index (χ3n) is 1.95. The molecule has 0 radical (unpaired) electrons. The van der Waals surface area contributed by atoms with Gasteiger partial charge in [-0.25, -0.2) is 0 Å². The fourth-order valence-corrected chi connectivity index (χ4v) is 3.75. The maximum absolute atomic E-state index is 6.41. The summed E-state index contributed by atoms with van der Waals surface area (Å²) < 4.78 is 0. The van der Waals surface area contributed by atoms with Crippen LogP contribution < -0.4 is 0 Å². The lowest BCUT2D eigenvalue weighted by atomic mass is 10.2. The van der Waals surface area contributed by atoms with Gasteiger partial charge in [0, 0.05) is 5.75 Å². The number of benzene rings is 1. The number of hydrogen-bond donors (Lipinski definition) is 0. The molecule has 0 nitrogen and oxygen atoms in total. The predicted molar refractivity (Wildman–Crippen MR) is 61.9 cm³/mol. The van der Waals surface area contributed by atoms with Crippen LogP contribution in [0.4, 0.5) is 0 Å². The Labute approximate surface area is 84.7 Å². The van der Waals surface area contributed by atoms with Crippen LogP contribution in [0.25, 0.3) is 0 Å². The Morgan fingerprint density at radius 1 is 1.00 bits per heavy atom. The largest absolute Gasteiger partial charge is 0.118 e. The molecule has 1 aromatic rings. The molecule has 0 atom stereocenters. The van der Waals surface area contributed by atoms with Gasteiger partial charge in [-0.1, -0.05) is 53.2 Å². The first-order valence-corrected chi connectivity index (χ1v) is 6.93. The van der Waals surface area contributed by atoms with Crippen LogP contribution in [0.1, 0.15) is 5.56 Å². The molecule has 0 spiro atoms. The van der Waals surface area contributed by atoms with Crippen LogP contribution in [-0.4, -0.2) is 0 Å². The molecular formula is C11H11ClS. The SMILES string of the molecule is ClS1(Cc2ccccc2)C=CC=C1. The molecule has 0 amide bonds. The van der Waals surface area contributed by atoms with Crippen LogP contribution in [0.15, 0.2) is 53.3 Å². The molecule has 0 unspecified atom stereocenters. The van der Waals surface area contributed by atoms with E-state index in [9.17, 15) is 0 Å². The number of halogens is 1. The van der Waals surface area contributed by atoms with Crippen LogP contribution >= 0.6 is 19.9 Å². The van der Waals surface area contributed by atoms with Gasteiger partial charge >= 0.3 is 0 Å². The standard InChI is InChI=1S/C11H11ClS/c12-13(8-4-5-9-13)10-11-6-2-1-3-7-11/h1-9H,10H2. The Bertz CT molecular complexity index is 328. The van der Waals surface area contributed by atoms with Gasteiger partial charge < -0.3 is 0 Å². The second-order valence-corrected chi connectivity index (χ2v) is 7.11. The predicted octanol–water partition coefficient (Wildman–Crippen LogP) is 4.19. The molecule has 0 saturated carbocycles. The Hall–Kier alpha value is -0.660. The van der Waals surface area contributed by atoms with Gasteiger partial charge in [-0.3, -0.25) is 0 Å². The van der Waals surface area contributed by atoms with Crippen LogP contribution in [0, 0.1) is 0 Å². The second kappa shape index (κ2) is 3.60. The van der Waals surface area contributed by atoms with E-state index >= 15 is 0 Å². The quantitative estimate of drug-likeness (QED) is 0.687. The van der Waals surface area contributed by atoms with Crippen molar-refractivity contribution in [1.82, 2.24) is 0 Å². The summed E-state index contributed by atoms with van der Waals surface area (Å²) in [5, 5.41) is 4.23. The van der Waals surface area contributed by atoms with Crippen molar-refractivity contribution in [3.05, 3.63) is 58.9 Å². The highest BCUT2D eigenvalue weighted by Gasteiger charge is 2.16. The topological polar surface area (TPSA) is 0 Å². The molecule has 0 aromatic heterocycles. The van der Waals surface area contributed by atoms with Gasteiger partial charge in [0.05, 0.1) is 0 Å². The molecule has 1 aromatic carbocycles. The van der Waals surface area contributed by atoms with Gasteiger partial charge in [0.2, 0.25) is 0 Å². The van der Waals surface area contributed by atoms with E-state index in [1.54, 1.807) is 0 Å². The minimum atomic E-state index is -1.15. The molecule has 0 aliphatic carbocycles. The third-order valence-corrected chi connectivity index (χ3v) is 4.89. The molecule has 0 fully saturated rings. The minimum Gasteiger partial charge on any atom is -0.118 e. The monoisotopic (exact) mass is 210 g/mol. The first-order valence-electron chi connectivity index (χ1n) is 4.18. The number of allylic oxidation sites excluding steroid dienone is 2. The van der Waals surface area contributed by atoms with Crippen LogP contribution in [0.2, 0.25) is 0 Å². The van der Waals surface area contributed by atoms with Gasteiger partial charge in [-0.15, -0.1) is 9.24 Å². The first kappa shape index (κ1) is 8.92. The van der Waals surface area contributed by atoms with E-state index in [2.05, 4.69) is 35.1 Å². The highest BCUT2D eigenvalue weighted by molar-refractivity contribution is 8.54. The van der Waals surface area contributed by atoms with Crippen molar-refractivity contribution in [3.8, 4) is 0 Å². The van der Waals surface area contributed by atoms with E-state index < -0.39 is 9.24 Å². The van der Waals surface area contributed by atoms with Crippen LogP contribution in [0.5, 0.6) is 0 Å². The fraction of sp³-hybridized carbons (Fsp3) is 0.0909. The lowest BCUT2D eigenvalue weighted by Gasteiger charge is -2.22. The minimum absolute atomic E-state index is 0.947. The van der Waals surface area contributed by atoms with E-state index in [1.807, 2.05) is 18.2 Å². The highest BCUT2D eigenvalue weighted by Crippen LogP contribution is 2.60. The van der Waals surface area contributed by atoms with Crippen molar-refractivity contribution in [2.45, 2.75) is 5.75 Å². The van der Waals surface area contributed by atoms with Crippen molar-refractivity contribution < 1.29 is 0 Å². The zero-order valence-electron chi connectivity index (χ0n) is 7.19. The van der Waals surface area contributed by atoms with E-state index in [4.69, 9.17) is 10.7 Å². The van der Waals surface area contributed by atoms with Gasteiger partial charge in [0.25, 0.3) is 0 Å². The Kier molecular flexibility index (Phi) is 2.47. The summed E-state index contributed by atoms with van der Waals surface area (Å²) in [6.45, 7) is 0. The zero-order valence-corrected chi connectivity index (χ0v) is 8.76. The summed E-state index contributed by atoms with van der Waals surface area (Å²) >= 11 is 0. The normalized spacial score (nSPS) is 20.4. The van der Waals surface area contributed by atoms with Gasteiger partial charge in [-0.05, 0) is 16.4 Å². The maximum atomic E-state index is 6.41. The Morgan fingerprint density at radius 2 is 1.62 bits per heavy atom. The summed E-state index contributed by atoms with van der Waals surface area (Å²) in [7, 11) is 5.27. The molecule has 2 heteroatoms. The molecule has 2 rings (SSSR count). The Balaban J connectivity index is 2.15. The van der Waals surface area contributed by atoms with Gasteiger partial charge in [0.15, 0.2) is 0 Å². The zero-order chi connectivity index (χ0) is 9.15. The van der Waals surface area contributed by atoms with Crippen LogP contribution in [-0.2, 0) is 5.75 Å². The molecule has 0 saturated heterocycles. The average molecular weight is 211 g/mol. The third kappa shape index (κ3) is 2.17. The summed E-state index contributed by atoms with van der Waals surface area (Å²) in [6.07, 6.45) is 4.07. The molecule has 1 aliphatic rings. The molecule has 0 bridgehead atoms. The van der Waals surface area contributed by atoms with Crippen molar-refractivity contribution in [2.24, 2.45) is 0 Å². The molecule has 0 N–H and O–H groups in total. The number of hydrogen-bond acceptors (Lipinski definition) is 0. The van der Waals surface area contributed by atoms with Crippen molar-refractivity contribution in [1.29, 1.82) is 0 Å². The number of rotatable bonds is 2. The average Bonchev–Trinajstić information content (AvgIpc) is 2.54. The first-order chi connectivity index (χ1) is 6.29. The van der Waals surface area contributed by atoms with E-state index in [0.29, 0.717) is 0 Å². The molecule has 68 valence electrons. The highest BCUT2D eigenvalue weighted by atomic mass is 35.7. The lowest BCUT2D eigenvalue weighted by molar-refractivity contribution is 1.41. The molecule has 1 heterocycles. The summed E-state index contributed by atoms with van der Waals surface area (Å²) in [4.78, 5) is 0. The van der Waals surface area contributed by atoms with Crippen molar-refractivity contribution in [3.63, 3.8) is 0 Å². The molecular weight excluding hydrogens is 200 g/mol. The molecule has 13 heavy (non-hydrogen) atoms. The van der Waals surface area contributed by atoms with Crippen molar-refractivity contribution >= 4 is 19.9 Å². The van der Waals surface area contributed by atoms with Crippen molar-refractivity contribution in [2.75, 3.05) is 0 Å². The van der Waals surface area contributed by atoms with E-state index in [1.165, 1.54) is 5.56 Å². The van der Waals surface area contributed by atoms with Crippen LogP contribution in [0.3, 0.4) is 0 Å².